The Kier molecular flexibility index (Phi) is 11.3. The number of rotatable bonds is 11. The number of aliphatic hydroxyl groups is 1. The minimum Gasteiger partial charge on any atom is -0.452 e. The Morgan fingerprint density at radius 1 is 0.814 bits per heavy atom. The van der Waals surface area contributed by atoms with Gasteiger partial charge >= 0.3 is 18.0 Å². The summed E-state index contributed by atoms with van der Waals surface area (Å²) in [5.41, 5.74) is 2.89. The molecular weight excluding hydrogens is 554 g/mol. The van der Waals surface area contributed by atoms with Crippen molar-refractivity contribution in [3.63, 3.8) is 0 Å². The van der Waals surface area contributed by atoms with E-state index < -0.39 is 48.7 Å². The zero-order valence-electron chi connectivity index (χ0n) is 24.4. The Balaban J connectivity index is 1.41. The van der Waals surface area contributed by atoms with Crippen molar-refractivity contribution in [2.75, 3.05) is 13.2 Å². The maximum atomic E-state index is 13.2. The molecular formula is C33H37NO9. The molecule has 1 aliphatic heterocycles. The van der Waals surface area contributed by atoms with E-state index in [1.165, 1.54) is 0 Å². The van der Waals surface area contributed by atoms with Crippen molar-refractivity contribution in [1.29, 1.82) is 0 Å². The molecule has 0 aliphatic carbocycles. The zero-order valence-corrected chi connectivity index (χ0v) is 24.4. The third kappa shape index (κ3) is 8.63. The van der Waals surface area contributed by atoms with Crippen LogP contribution in [0.15, 0.2) is 78.9 Å². The van der Waals surface area contributed by atoms with E-state index in [0.29, 0.717) is 28.7 Å². The molecule has 5 atom stereocenters. The van der Waals surface area contributed by atoms with Gasteiger partial charge in [0.15, 0.2) is 18.5 Å². The highest BCUT2D eigenvalue weighted by Gasteiger charge is 2.49. The van der Waals surface area contributed by atoms with Crippen LogP contribution in [0.5, 0.6) is 0 Å². The summed E-state index contributed by atoms with van der Waals surface area (Å²) in [5.74, 6) is -1.35. The second kappa shape index (κ2) is 15.3. The molecule has 1 aliphatic rings. The fraction of sp³-hybridized carbons (Fsp3) is 0.364. The molecule has 0 saturated carbocycles. The number of carbonyl (C=O) groups is 3. The molecule has 1 heterocycles. The second-order valence-electron chi connectivity index (χ2n) is 10.3. The van der Waals surface area contributed by atoms with Gasteiger partial charge in [-0.3, -0.25) is 0 Å². The maximum Gasteiger partial charge on any atom is 0.407 e. The minimum absolute atomic E-state index is 0.101. The fourth-order valence-corrected chi connectivity index (χ4v) is 4.59. The van der Waals surface area contributed by atoms with Crippen molar-refractivity contribution >= 4 is 18.0 Å². The average molecular weight is 592 g/mol. The largest absolute Gasteiger partial charge is 0.452 e. The van der Waals surface area contributed by atoms with E-state index >= 15 is 0 Å². The maximum absolute atomic E-state index is 13.2. The highest BCUT2D eigenvalue weighted by atomic mass is 16.7. The Labute approximate surface area is 250 Å². The summed E-state index contributed by atoms with van der Waals surface area (Å²) >= 11 is 0. The number of nitrogens with one attached hydrogen (secondary N) is 1. The molecule has 2 N–H and O–H groups in total. The van der Waals surface area contributed by atoms with Crippen LogP contribution in [0.2, 0.25) is 0 Å². The Morgan fingerprint density at radius 2 is 1.37 bits per heavy atom. The molecule has 0 bridgehead atoms. The number of alkyl carbamates (subject to hydrolysis) is 1. The van der Waals surface area contributed by atoms with Crippen LogP contribution in [-0.4, -0.2) is 67.0 Å². The third-order valence-electron chi connectivity index (χ3n) is 7.06. The molecule has 1 fully saturated rings. The molecule has 43 heavy (non-hydrogen) atoms. The fourth-order valence-electron chi connectivity index (χ4n) is 4.59. The molecule has 10 heteroatoms. The summed E-state index contributed by atoms with van der Waals surface area (Å²) in [4.78, 5) is 38.4. The predicted octanol–water partition coefficient (Wildman–Crippen LogP) is 4.49. The van der Waals surface area contributed by atoms with Gasteiger partial charge in [0.2, 0.25) is 0 Å². The molecule has 0 unspecified atom stereocenters. The SMILES string of the molecule is Cc1ccccc1C(=O)O[C@@H]1[C@@H](O)[C@H](C)O[C@@H](OCCCNC(=O)OCc2ccccc2)[C@@H]1OC(=O)c1ccccc1C. The molecule has 0 radical (unpaired) electrons. The predicted molar refractivity (Wildman–Crippen MR) is 156 cm³/mol. The molecule has 0 spiro atoms. The van der Waals surface area contributed by atoms with Gasteiger partial charge in [0, 0.05) is 6.54 Å². The summed E-state index contributed by atoms with van der Waals surface area (Å²) in [6.07, 6.45) is -6.02. The van der Waals surface area contributed by atoms with Crippen molar-refractivity contribution in [2.45, 2.75) is 64.5 Å². The highest BCUT2D eigenvalue weighted by molar-refractivity contribution is 5.92. The van der Waals surface area contributed by atoms with Crippen LogP contribution in [0, 0.1) is 13.8 Å². The lowest BCUT2D eigenvalue weighted by Crippen LogP contribution is -2.60. The van der Waals surface area contributed by atoms with Gasteiger partial charge in [0.1, 0.15) is 12.7 Å². The van der Waals surface area contributed by atoms with Crippen molar-refractivity contribution in [1.82, 2.24) is 5.32 Å². The van der Waals surface area contributed by atoms with Gasteiger partial charge in [-0.2, -0.15) is 0 Å². The number of esters is 2. The number of ether oxygens (including phenoxy) is 5. The van der Waals surface area contributed by atoms with Crippen LogP contribution in [0.25, 0.3) is 0 Å². The van der Waals surface area contributed by atoms with Crippen molar-refractivity contribution in [2.24, 2.45) is 0 Å². The van der Waals surface area contributed by atoms with E-state index in [9.17, 15) is 19.5 Å². The summed E-state index contributed by atoms with van der Waals surface area (Å²) in [6.45, 7) is 5.65. The van der Waals surface area contributed by atoms with E-state index in [0.717, 1.165) is 5.56 Å². The Morgan fingerprint density at radius 3 is 1.98 bits per heavy atom. The monoisotopic (exact) mass is 591 g/mol. The van der Waals surface area contributed by atoms with Gasteiger partial charge in [-0.15, -0.1) is 0 Å². The van der Waals surface area contributed by atoms with Crippen LogP contribution in [0.4, 0.5) is 4.79 Å². The first-order valence-corrected chi connectivity index (χ1v) is 14.2. The second-order valence-corrected chi connectivity index (χ2v) is 10.3. The van der Waals surface area contributed by atoms with Gasteiger partial charge in [-0.05, 0) is 56.0 Å². The molecule has 1 amide bonds. The van der Waals surface area contributed by atoms with Crippen LogP contribution >= 0.6 is 0 Å². The standard InChI is InChI=1S/C33H37NO9/c1-21-12-7-9-16-25(21)30(36)42-28-27(35)23(3)41-32(29(28)43-31(37)26-17-10-8-13-22(26)2)39-19-11-18-34-33(38)40-20-24-14-5-4-6-15-24/h4-10,12-17,23,27-29,32,35H,11,18-20H2,1-3H3,(H,34,38)/t23-,27-,28+,29+,32+/m0/s1. The number of hydrogen-bond donors (Lipinski definition) is 2. The quantitative estimate of drug-likeness (QED) is 0.188. The number of carbonyl (C=O) groups excluding carboxylic acids is 3. The molecule has 228 valence electrons. The molecule has 0 aromatic heterocycles. The molecule has 1 saturated heterocycles. The first-order valence-electron chi connectivity index (χ1n) is 14.2. The van der Waals surface area contributed by atoms with E-state index in [-0.39, 0.29) is 19.8 Å². The highest BCUT2D eigenvalue weighted by Crippen LogP contribution is 2.29. The minimum atomic E-state index is -1.30. The van der Waals surface area contributed by atoms with Crippen molar-refractivity contribution < 1.29 is 43.2 Å². The van der Waals surface area contributed by atoms with Gasteiger partial charge in [-0.1, -0.05) is 66.7 Å². The number of hydrogen-bond acceptors (Lipinski definition) is 9. The Bertz CT molecular complexity index is 1380. The van der Waals surface area contributed by atoms with Crippen LogP contribution in [0.1, 0.15) is 50.8 Å². The first-order chi connectivity index (χ1) is 20.7. The van der Waals surface area contributed by atoms with Crippen molar-refractivity contribution in [3.8, 4) is 0 Å². The van der Waals surface area contributed by atoms with E-state index in [1.807, 2.05) is 30.3 Å². The lowest BCUT2D eigenvalue weighted by molar-refractivity contribution is -0.291. The van der Waals surface area contributed by atoms with Crippen LogP contribution in [0.3, 0.4) is 0 Å². The van der Waals surface area contributed by atoms with Crippen LogP contribution in [-0.2, 0) is 30.3 Å². The van der Waals surface area contributed by atoms with Gasteiger partial charge in [0.25, 0.3) is 0 Å². The average Bonchev–Trinajstić information content (AvgIpc) is 3.00. The summed E-state index contributed by atoms with van der Waals surface area (Å²) in [6, 6.07) is 23.1. The number of benzene rings is 3. The molecule has 10 nitrogen and oxygen atoms in total. The molecule has 3 aromatic rings. The first kappa shape index (κ1) is 31.7. The topological polar surface area (TPSA) is 130 Å². The third-order valence-corrected chi connectivity index (χ3v) is 7.06. The van der Waals surface area contributed by atoms with Crippen molar-refractivity contribution in [3.05, 3.63) is 107 Å². The molecule has 3 aromatic carbocycles. The van der Waals surface area contributed by atoms with Gasteiger partial charge < -0.3 is 34.1 Å². The normalized spacial score (nSPS) is 21.4. The Hall–Kier alpha value is -4.25. The lowest BCUT2D eigenvalue weighted by Gasteiger charge is -2.42. The summed E-state index contributed by atoms with van der Waals surface area (Å²) in [5, 5.41) is 13.7. The molecule has 4 rings (SSSR count). The summed E-state index contributed by atoms with van der Waals surface area (Å²) < 4.78 is 28.6. The zero-order chi connectivity index (χ0) is 30.8. The van der Waals surface area contributed by atoms with E-state index in [4.69, 9.17) is 23.7 Å². The summed E-state index contributed by atoms with van der Waals surface area (Å²) in [7, 11) is 0. The van der Waals surface area contributed by atoms with Gasteiger partial charge in [-0.25, -0.2) is 14.4 Å². The van der Waals surface area contributed by atoms with Gasteiger partial charge in [0.05, 0.1) is 23.8 Å². The lowest BCUT2D eigenvalue weighted by atomic mass is 9.98. The van der Waals surface area contributed by atoms with E-state index in [1.54, 1.807) is 69.3 Å². The number of aryl methyl sites for hydroxylation is 2. The van der Waals surface area contributed by atoms with Crippen LogP contribution < -0.4 is 5.32 Å². The van der Waals surface area contributed by atoms with E-state index in [2.05, 4.69) is 5.32 Å². The number of aliphatic hydroxyl groups excluding tert-OH is 1. The number of amides is 1. The smallest absolute Gasteiger partial charge is 0.407 e.